The van der Waals surface area contributed by atoms with Crippen molar-refractivity contribution in [1.82, 2.24) is 9.55 Å². The summed E-state index contributed by atoms with van der Waals surface area (Å²) >= 11 is 1.26. The molecule has 0 radical (unpaired) electrons. The average molecular weight is 308 g/mol. The highest BCUT2D eigenvalue weighted by Crippen LogP contribution is 2.27. The number of hydrogen-bond donors (Lipinski definition) is 1. The van der Waals surface area contributed by atoms with Crippen LogP contribution in [0.4, 0.5) is 0 Å². The minimum atomic E-state index is -0.829. The van der Waals surface area contributed by atoms with Crippen molar-refractivity contribution in [3.63, 3.8) is 0 Å². The van der Waals surface area contributed by atoms with Crippen molar-refractivity contribution in [3.05, 3.63) is 18.2 Å². The number of ether oxygens (including phenoxy) is 1. The lowest BCUT2D eigenvalue weighted by Crippen LogP contribution is -2.03. The van der Waals surface area contributed by atoms with Crippen molar-refractivity contribution in [3.8, 4) is 5.75 Å². The Balaban J connectivity index is 2.34. The van der Waals surface area contributed by atoms with E-state index in [0.29, 0.717) is 0 Å². The summed E-state index contributed by atoms with van der Waals surface area (Å²) < 4.78 is 7.37. The van der Waals surface area contributed by atoms with Crippen LogP contribution >= 0.6 is 11.8 Å². The second kappa shape index (κ2) is 7.36. The highest BCUT2D eigenvalue weighted by molar-refractivity contribution is 7.99. The van der Waals surface area contributed by atoms with E-state index in [1.54, 1.807) is 7.11 Å². The fourth-order valence-electron chi connectivity index (χ4n) is 2.18. The van der Waals surface area contributed by atoms with Crippen molar-refractivity contribution in [2.24, 2.45) is 0 Å². The van der Waals surface area contributed by atoms with Crippen molar-refractivity contribution in [2.45, 2.75) is 37.9 Å². The van der Waals surface area contributed by atoms with Crippen LogP contribution in [0.25, 0.3) is 11.0 Å². The van der Waals surface area contributed by atoms with Crippen LogP contribution in [-0.4, -0.2) is 33.5 Å². The number of aliphatic carboxylic acids is 1. The molecule has 0 aliphatic carbocycles. The molecule has 21 heavy (non-hydrogen) atoms. The van der Waals surface area contributed by atoms with Crippen LogP contribution in [0.3, 0.4) is 0 Å². The Bertz CT molecular complexity index is 625. The number of imidazole rings is 1. The van der Waals surface area contributed by atoms with Crippen LogP contribution in [0, 0.1) is 0 Å². The number of carbonyl (C=O) groups is 1. The molecule has 0 unspecified atom stereocenters. The zero-order valence-corrected chi connectivity index (χ0v) is 13.2. The van der Waals surface area contributed by atoms with E-state index in [1.807, 2.05) is 18.2 Å². The van der Waals surface area contributed by atoms with Crippen molar-refractivity contribution in [1.29, 1.82) is 0 Å². The molecule has 1 aromatic heterocycles. The Labute approximate surface area is 128 Å². The number of hydrogen-bond acceptors (Lipinski definition) is 4. The number of nitrogens with zero attached hydrogens (tertiary/aromatic N) is 2. The monoisotopic (exact) mass is 308 g/mol. The van der Waals surface area contributed by atoms with E-state index in [4.69, 9.17) is 9.84 Å². The Hall–Kier alpha value is -1.69. The lowest BCUT2D eigenvalue weighted by atomic mass is 10.2. The predicted octanol–water partition coefficient (Wildman–Crippen LogP) is 3.41. The summed E-state index contributed by atoms with van der Waals surface area (Å²) in [6.45, 7) is 3.01. The summed E-state index contributed by atoms with van der Waals surface area (Å²) in [5.41, 5.74) is 1.87. The van der Waals surface area contributed by atoms with Gasteiger partial charge < -0.3 is 14.4 Å². The van der Waals surface area contributed by atoms with Gasteiger partial charge in [0.05, 0.1) is 23.9 Å². The van der Waals surface area contributed by atoms with Gasteiger partial charge in [-0.2, -0.15) is 0 Å². The second-order valence-electron chi connectivity index (χ2n) is 4.79. The summed E-state index contributed by atoms with van der Waals surface area (Å²) in [7, 11) is 1.64. The number of aryl methyl sites for hydroxylation is 1. The van der Waals surface area contributed by atoms with Gasteiger partial charge in [-0.05, 0) is 18.6 Å². The van der Waals surface area contributed by atoms with Gasteiger partial charge in [-0.3, -0.25) is 4.79 Å². The van der Waals surface area contributed by atoms with Crippen LogP contribution in [0.1, 0.15) is 26.2 Å². The summed E-state index contributed by atoms with van der Waals surface area (Å²) in [6, 6.07) is 5.74. The van der Waals surface area contributed by atoms with Gasteiger partial charge in [0.2, 0.25) is 0 Å². The Morgan fingerprint density at radius 3 is 2.90 bits per heavy atom. The molecule has 0 saturated heterocycles. The number of unbranched alkanes of at least 4 members (excludes halogenated alkanes) is 2. The van der Waals surface area contributed by atoms with Gasteiger partial charge in [-0.15, -0.1) is 0 Å². The summed E-state index contributed by atoms with van der Waals surface area (Å²) in [4.78, 5) is 15.3. The Kier molecular flexibility index (Phi) is 5.50. The highest BCUT2D eigenvalue weighted by Gasteiger charge is 2.13. The zero-order chi connectivity index (χ0) is 15.2. The van der Waals surface area contributed by atoms with E-state index in [0.717, 1.165) is 47.7 Å². The first kappa shape index (κ1) is 15.7. The first-order valence-electron chi connectivity index (χ1n) is 7.04. The van der Waals surface area contributed by atoms with E-state index in [-0.39, 0.29) is 5.75 Å². The van der Waals surface area contributed by atoms with E-state index < -0.39 is 5.97 Å². The van der Waals surface area contributed by atoms with Gasteiger partial charge in [0.25, 0.3) is 0 Å². The average Bonchev–Trinajstić information content (AvgIpc) is 2.82. The van der Waals surface area contributed by atoms with Crippen LogP contribution in [0.2, 0.25) is 0 Å². The Morgan fingerprint density at radius 1 is 1.43 bits per heavy atom. The number of carboxylic acid groups (broad SMARTS) is 1. The summed E-state index contributed by atoms with van der Waals surface area (Å²) in [5.74, 6) is -0.0208. The smallest absolute Gasteiger partial charge is 0.313 e. The summed E-state index contributed by atoms with van der Waals surface area (Å²) in [6.07, 6.45) is 3.35. The quantitative estimate of drug-likeness (QED) is 0.598. The van der Waals surface area contributed by atoms with Crippen molar-refractivity contribution < 1.29 is 14.6 Å². The molecule has 0 amide bonds. The Morgan fingerprint density at radius 2 is 2.24 bits per heavy atom. The van der Waals surface area contributed by atoms with Gasteiger partial charge in [0, 0.05) is 12.6 Å². The topological polar surface area (TPSA) is 64.4 Å². The molecule has 6 heteroatoms. The van der Waals surface area contributed by atoms with E-state index >= 15 is 0 Å². The third-order valence-corrected chi connectivity index (χ3v) is 4.19. The van der Waals surface area contributed by atoms with Crippen molar-refractivity contribution >= 4 is 28.8 Å². The molecule has 2 aromatic rings. The largest absolute Gasteiger partial charge is 0.497 e. The van der Waals surface area contributed by atoms with Crippen LogP contribution < -0.4 is 4.74 Å². The van der Waals surface area contributed by atoms with E-state index in [1.165, 1.54) is 11.8 Å². The van der Waals surface area contributed by atoms with Gasteiger partial charge in [0.1, 0.15) is 5.75 Å². The number of fused-ring (bicyclic) bond motifs is 1. The fourth-order valence-corrected chi connectivity index (χ4v) is 2.94. The molecule has 0 bridgehead atoms. The minimum Gasteiger partial charge on any atom is -0.497 e. The lowest BCUT2D eigenvalue weighted by Gasteiger charge is -2.08. The second-order valence-corrected chi connectivity index (χ2v) is 5.73. The molecule has 0 spiro atoms. The molecule has 2 rings (SSSR count). The van der Waals surface area contributed by atoms with Crippen LogP contribution in [-0.2, 0) is 11.3 Å². The van der Waals surface area contributed by atoms with Gasteiger partial charge in [-0.25, -0.2) is 4.98 Å². The third kappa shape index (κ3) is 3.91. The maximum Gasteiger partial charge on any atom is 0.313 e. The minimum absolute atomic E-state index is 0.0221. The SMILES string of the molecule is CCCCCn1c(SCC(=O)O)nc2ccc(OC)cc21. The van der Waals surface area contributed by atoms with Crippen LogP contribution in [0.15, 0.2) is 23.4 Å². The van der Waals surface area contributed by atoms with E-state index in [2.05, 4.69) is 16.5 Å². The lowest BCUT2D eigenvalue weighted by molar-refractivity contribution is -0.133. The number of aromatic nitrogens is 2. The molecule has 0 aliphatic heterocycles. The predicted molar refractivity (Wildman–Crippen MR) is 84.2 cm³/mol. The number of methoxy groups -OCH3 is 1. The molecule has 0 atom stereocenters. The number of benzene rings is 1. The van der Waals surface area contributed by atoms with Gasteiger partial charge in [0.15, 0.2) is 5.16 Å². The normalized spacial score (nSPS) is 11.0. The fraction of sp³-hybridized carbons (Fsp3) is 0.467. The molecular formula is C15H20N2O3S. The third-order valence-electron chi connectivity index (χ3n) is 3.23. The highest BCUT2D eigenvalue weighted by atomic mass is 32.2. The standard InChI is InChI=1S/C15H20N2O3S/c1-3-4-5-8-17-13-9-11(20-2)6-7-12(13)16-15(17)21-10-14(18)19/h6-7,9H,3-5,8,10H2,1-2H3,(H,18,19). The number of rotatable bonds is 8. The first-order valence-corrected chi connectivity index (χ1v) is 8.03. The maximum atomic E-state index is 10.8. The van der Waals surface area contributed by atoms with Crippen LogP contribution in [0.5, 0.6) is 5.75 Å². The maximum absolute atomic E-state index is 10.8. The van der Waals surface area contributed by atoms with E-state index in [9.17, 15) is 4.79 Å². The molecule has 5 nitrogen and oxygen atoms in total. The molecule has 0 fully saturated rings. The number of thioether (sulfide) groups is 1. The molecule has 0 aliphatic rings. The molecule has 0 saturated carbocycles. The molecule has 1 N–H and O–H groups in total. The van der Waals surface area contributed by atoms with Gasteiger partial charge >= 0.3 is 5.97 Å². The zero-order valence-electron chi connectivity index (χ0n) is 12.3. The molecule has 1 heterocycles. The van der Waals surface area contributed by atoms with Gasteiger partial charge in [-0.1, -0.05) is 31.5 Å². The molecular weight excluding hydrogens is 288 g/mol. The molecule has 114 valence electrons. The number of carboxylic acids is 1. The molecule has 1 aromatic carbocycles. The first-order chi connectivity index (χ1) is 10.2. The van der Waals surface area contributed by atoms with Crippen molar-refractivity contribution in [2.75, 3.05) is 12.9 Å². The summed E-state index contributed by atoms with van der Waals surface area (Å²) in [5, 5.41) is 9.62.